The van der Waals surface area contributed by atoms with Crippen LogP contribution in [-0.2, 0) is 33.3 Å². The molecule has 0 aromatic carbocycles. The molecule has 178 valence electrons. The number of aromatic nitrogens is 3. The van der Waals surface area contributed by atoms with Gasteiger partial charge < -0.3 is 24.3 Å². The second-order valence-electron chi connectivity index (χ2n) is 6.98. The molecule has 14 heteroatoms. The first kappa shape index (κ1) is 24.4. The quantitative estimate of drug-likeness (QED) is 0.309. The van der Waals surface area contributed by atoms with E-state index in [1.165, 1.54) is 31.5 Å². The highest BCUT2D eigenvalue weighted by Crippen LogP contribution is 2.36. The zero-order valence-corrected chi connectivity index (χ0v) is 19.2. The number of ether oxygens (including phenoxy) is 4. The van der Waals surface area contributed by atoms with Crippen molar-refractivity contribution in [2.24, 2.45) is 4.99 Å². The molecular formula is C19H23N5O8S. The third kappa shape index (κ3) is 5.77. The summed E-state index contributed by atoms with van der Waals surface area (Å²) in [6.07, 6.45) is -1.52. The third-order valence-corrected chi connectivity index (χ3v) is 5.32. The molecule has 1 aliphatic rings. The van der Waals surface area contributed by atoms with Crippen LogP contribution in [0.15, 0.2) is 16.0 Å². The smallest absolute Gasteiger partial charge is 0.311 e. The summed E-state index contributed by atoms with van der Waals surface area (Å²) in [5.41, 5.74) is 0.202. The monoisotopic (exact) mass is 481 g/mol. The van der Waals surface area contributed by atoms with Gasteiger partial charge in [0.2, 0.25) is 0 Å². The fourth-order valence-electron chi connectivity index (χ4n) is 3.23. The molecule has 0 amide bonds. The number of nitrogens with zero attached hydrogens (tertiary/aromatic N) is 4. The molecule has 0 spiro atoms. The van der Waals surface area contributed by atoms with Gasteiger partial charge in [-0.25, -0.2) is 9.98 Å². The molecule has 0 radical (unpaired) electrons. The molecular weight excluding hydrogens is 458 g/mol. The molecule has 2 aromatic rings. The molecule has 1 N–H and O–H groups in total. The van der Waals surface area contributed by atoms with Crippen molar-refractivity contribution in [3.05, 3.63) is 15.9 Å². The van der Waals surface area contributed by atoms with E-state index in [4.69, 9.17) is 18.9 Å². The van der Waals surface area contributed by atoms with Crippen molar-refractivity contribution in [1.29, 1.82) is 0 Å². The minimum atomic E-state index is -1.20. The summed E-state index contributed by atoms with van der Waals surface area (Å²) in [6, 6.07) is 0. The van der Waals surface area contributed by atoms with Gasteiger partial charge in [-0.05, 0) is 7.05 Å². The van der Waals surface area contributed by atoms with Crippen LogP contribution in [0.5, 0.6) is 0 Å². The lowest BCUT2D eigenvalue weighted by Gasteiger charge is -2.23. The standard InChI is InChI=1S/C19H23N5O8S/c1-9(25)29-8-12-14(30-10(2)26)15(31-11(3)27)17(32-12)24-16-13(33-19(24)28)7-22-18(23-16)21-6-5-20-4/h6-7,12,14-15,17,20H,5,8H2,1-4H3/t12-,14-,15-,17-/m1/s1. The molecule has 2 aromatic heterocycles. The topological polar surface area (TPSA) is 160 Å². The largest absolute Gasteiger partial charge is 0.463 e. The number of carbonyl (C=O) groups excluding carboxylic acids is 3. The van der Waals surface area contributed by atoms with Gasteiger partial charge in [-0.1, -0.05) is 11.3 Å². The SMILES string of the molecule is CNCC=Nc1ncc2sc(=O)n([C@@H]3O[C@H](COC(C)=O)[C@@H](OC(C)=O)[C@H]3OC(C)=O)c2n1. The molecule has 0 saturated carbocycles. The molecule has 33 heavy (non-hydrogen) atoms. The van der Waals surface area contributed by atoms with E-state index >= 15 is 0 Å². The maximum Gasteiger partial charge on any atom is 0.311 e. The fraction of sp³-hybridized carbons (Fsp3) is 0.526. The number of nitrogens with one attached hydrogen (secondary N) is 1. The second kappa shape index (κ2) is 10.6. The summed E-state index contributed by atoms with van der Waals surface area (Å²) in [7, 11) is 1.75. The number of hydrogen-bond acceptors (Lipinski definition) is 13. The van der Waals surface area contributed by atoms with E-state index in [1.807, 2.05) is 0 Å². The van der Waals surface area contributed by atoms with Crippen molar-refractivity contribution in [3.63, 3.8) is 0 Å². The van der Waals surface area contributed by atoms with E-state index in [2.05, 4.69) is 20.3 Å². The highest BCUT2D eigenvalue weighted by Gasteiger charge is 2.51. The van der Waals surface area contributed by atoms with E-state index < -0.39 is 47.3 Å². The molecule has 1 fully saturated rings. The number of esters is 3. The first-order chi connectivity index (χ1) is 15.7. The Balaban J connectivity index is 2.07. The van der Waals surface area contributed by atoms with Crippen LogP contribution in [0.1, 0.15) is 27.0 Å². The van der Waals surface area contributed by atoms with Gasteiger partial charge >= 0.3 is 22.8 Å². The lowest BCUT2D eigenvalue weighted by molar-refractivity contribution is -0.166. The van der Waals surface area contributed by atoms with Crippen LogP contribution in [0, 0.1) is 0 Å². The van der Waals surface area contributed by atoms with Crippen LogP contribution in [0.2, 0.25) is 0 Å². The summed E-state index contributed by atoms with van der Waals surface area (Å²) in [4.78, 5) is 59.9. The fourth-order valence-corrected chi connectivity index (χ4v) is 4.05. The minimum absolute atomic E-state index is 0.110. The van der Waals surface area contributed by atoms with Crippen LogP contribution in [-0.4, -0.2) is 77.2 Å². The van der Waals surface area contributed by atoms with Gasteiger partial charge in [-0.2, -0.15) is 4.98 Å². The van der Waals surface area contributed by atoms with E-state index in [1.54, 1.807) is 13.3 Å². The zero-order valence-electron chi connectivity index (χ0n) is 18.3. The molecule has 1 aliphatic heterocycles. The molecule has 1 saturated heterocycles. The van der Waals surface area contributed by atoms with Gasteiger partial charge in [0.25, 0.3) is 5.95 Å². The highest BCUT2D eigenvalue weighted by molar-refractivity contribution is 7.16. The zero-order chi connectivity index (χ0) is 24.1. The Morgan fingerprint density at radius 2 is 1.91 bits per heavy atom. The maximum atomic E-state index is 12.9. The van der Waals surface area contributed by atoms with Crippen LogP contribution < -0.4 is 10.2 Å². The molecule has 3 rings (SSSR count). The minimum Gasteiger partial charge on any atom is -0.463 e. The number of thiazole rings is 1. The molecule has 13 nitrogen and oxygen atoms in total. The predicted octanol–water partition coefficient (Wildman–Crippen LogP) is 0.0986. The van der Waals surface area contributed by atoms with Crippen molar-refractivity contribution >= 4 is 51.8 Å². The first-order valence-corrected chi connectivity index (χ1v) is 10.7. The van der Waals surface area contributed by atoms with Crippen LogP contribution in [0.3, 0.4) is 0 Å². The van der Waals surface area contributed by atoms with Gasteiger partial charge in [0.15, 0.2) is 24.1 Å². The first-order valence-electron chi connectivity index (χ1n) is 9.89. The van der Waals surface area contributed by atoms with E-state index in [0.29, 0.717) is 11.2 Å². The van der Waals surface area contributed by atoms with Crippen molar-refractivity contribution in [2.75, 3.05) is 20.2 Å². The Morgan fingerprint density at radius 3 is 2.55 bits per heavy atom. The summed E-state index contributed by atoms with van der Waals surface area (Å²) < 4.78 is 23.3. The predicted molar refractivity (Wildman–Crippen MR) is 115 cm³/mol. The Labute approximate surface area is 191 Å². The second-order valence-corrected chi connectivity index (χ2v) is 7.97. The average Bonchev–Trinajstić information content (AvgIpc) is 3.22. The molecule has 4 atom stereocenters. The Morgan fingerprint density at radius 1 is 1.21 bits per heavy atom. The Hall–Kier alpha value is -3.23. The van der Waals surface area contributed by atoms with Gasteiger partial charge in [0.1, 0.15) is 12.7 Å². The van der Waals surface area contributed by atoms with Crippen molar-refractivity contribution in [1.82, 2.24) is 19.9 Å². The van der Waals surface area contributed by atoms with Crippen LogP contribution in [0.4, 0.5) is 5.95 Å². The number of rotatable bonds is 8. The van der Waals surface area contributed by atoms with Crippen molar-refractivity contribution < 1.29 is 33.3 Å². The summed E-state index contributed by atoms with van der Waals surface area (Å²) >= 11 is 0.863. The number of hydrogen-bond donors (Lipinski definition) is 1. The number of carbonyl (C=O) groups is 3. The summed E-state index contributed by atoms with van der Waals surface area (Å²) in [5, 5.41) is 2.90. The molecule has 0 bridgehead atoms. The Kier molecular flexibility index (Phi) is 7.84. The van der Waals surface area contributed by atoms with Gasteiger partial charge in [0, 0.05) is 33.5 Å². The van der Waals surface area contributed by atoms with Gasteiger partial charge in [0.05, 0.1) is 10.9 Å². The normalized spacial score (nSPS) is 22.5. The van der Waals surface area contributed by atoms with Crippen molar-refractivity contribution in [2.45, 2.75) is 45.3 Å². The van der Waals surface area contributed by atoms with Gasteiger partial charge in [-0.15, -0.1) is 0 Å². The van der Waals surface area contributed by atoms with E-state index in [9.17, 15) is 19.2 Å². The Bertz CT molecular complexity index is 1130. The highest BCUT2D eigenvalue weighted by atomic mass is 32.1. The maximum absolute atomic E-state index is 12.9. The molecule has 0 unspecified atom stereocenters. The molecule has 3 heterocycles. The lowest BCUT2D eigenvalue weighted by Crippen LogP contribution is -2.41. The average molecular weight is 481 g/mol. The van der Waals surface area contributed by atoms with Crippen LogP contribution >= 0.6 is 11.3 Å². The van der Waals surface area contributed by atoms with Crippen LogP contribution in [0.25, 0.3) is 10.3 Å². The van der Waals surface area contributed by atoms with Gasteiger partial charge in [-0.3, -0.25) is 23.7 Å². The summed E-state index contributed by atoms with van der Waals surface area (Å²) in [5.74, 6) is -1.82. The van der Waals surface area contributed by atoms with E-state index in [0.717, 1.165) is 11.3 Å². The third-order valence-electron chi connectivity index (χ3n) is 4.44. The lowest BCUT2D eigenvalue weighted by atomic mass is 10.1. The number of aliphatic imine (C=N–C) groups is 1. The molecule has 0 aliphatic carbocycles. The number of fused-ring (bicyclic) bond motifs is 1. The van der Waals surface area contributed by atoms with E-state index in [-0.39, 0.29) is 18.2 Å². The summed E-state index contributed by atoms with van der Waals surface area (Å²) in [6.45, 7) is 3.76. The van der Waals surface area contributed by atoms with Crippen molar-refractivity contribution in [3.8, 4) is 0 Å².